The van der Waals surface area contributed by atoms with Crippen LogP contribution in [0.4, 0.5) is 0 Å². The van der Waals surface area contributed by atoms with Crippen molar-refractivity contribution in [1.82, 2.24) is 15.4 Å². The maximum Gasteiger partial charge on any atom is 0.241 e. The zero-order chi connectivity index (χ0) is 27.2. The topological polar surface area (TPSA) is 99.7 Å². The van der Waals surface area contributed by atoms with E-state index in [1.54, 1.807) is 18.2 Å². The van der Waals surface area contributed by atoms with E-state index in [1.807, 2.05) is 85.8 Å². The van der Waals surface area contributed by atoms with Crippen molar-refractivity contribution in [2.75, 3.05) is 13.1 Å². The summed E-state index contributed by atoms with van der Waals surface area (Å²) >= 11 is 0. The predicted molar refractivity (Wildman–Crippen MR) is 155 cm³/mol. The summed E-state index contributed by atoms with van der Waals surface area (Å²) in [5.41, 5.74) is 2.88. The molecule has 4 aromatic rings. The highest BCUT2D eigenvalue weighted by Gasteiger charge is 2.24. The molecule has 200 valence electrons. The van der Waals surface area contributed by atoms with Gasteiger partial charge in [-0.1, -0.05) is 84.9 Å². The van der Waals surface area contributed by atoms with Crippen LogP contribution in [0.2, 0.25) is 0 Å². The lowest BCUT2D eigenvalue weighted by Crippen LogP contribution is -2.38. The van der Waals surface area contributed by atoms with Gasteiger partial charge in [-0.05, 0) is 47.4 Å². The SMILES string of the molecule is CC(Cc1ccc(C2=NCCN2)cc1)NC(=O)CC(NS(=O)(=O)c1ccc2ccccc2c1)c1ccccc1. The number of nitrogens with zero attached hydrogens (tertiary/aromatic N) is 1. The molecule has 3 N–H and O–H groups in total. The summed E-state index contributed by atoms with van der Waals surface area (Å²) in [5, 5.41) is 8.11. The Morgan fingerprint density at radius 2 is 1.64 bits per heavy atom. The maximum absolute atomic E-state index is 13.4. The molecule has 1 aliphatic rings. The van der Waals surface area contributed by atoms with Crippen molar-refractivity contribution >= 4 is 32.5 Å². The lowest BCUT2D eigenvalue weighted by molar-refractivity contribution is -0.122. The molecule has 0 bridgehead atoms. The monoisotopic (exact) mass is 540 g/mol. The first-order valence-corrected chi connectivity index (χ1v) is 14.6. The Hall–Kier alpha value is -4.01. The van der Waals surface area contributed by atoms with Crippen molar-refractivity contribution in [2.24, 2.45) is 4.99 Å². The molecular formula is C31H32N4O3S. The van der Waals surface area contributed by atoms with Crippen LogP contribution in [0.25, 0.3) is 10.8 Å². The Morgan fingerprint density at radius 1 is 0.923 bits per heavy atom. The summed E-state index contributed by atoms with van der Waals surface area (Å²) in [6.07, 6.45) is 0.635. The molecule has 0 saturated heterocycles. The minimum Gasteiger partial charge on any atom is -0.368 e. The smallest absolute Gasteiger partial charge is 0.241 e. The Kier molecular flexibility index (Phi) is 8.05. The van der Waals surface area contributed by atoms with E-state index in [-0.39, 0.29) is 23.3 Å². The zero-order valence-electron chi connectivity index (χ0n) is 21.8. The van der Waals surface area contributed by atoms with Gasteiger partial charge in [-0.3, -0.25) is 9.79 Å². The number of rotatable bonds is 10. The second kappa shape index (κ2) is 11.8. The highest BCUT2D eigenvalue weighted by molar-refractivity contribution is 7.89. The number of aliphatic imine (C=N–C) groups is 1. The van der Waals surface area contributed by atoms with Crippen LogP contribution in [-0.4, -0.2) is 39.3 Å². The van der Waals surface area contributed by atoms with E-state index in [1.165, 1.54) is 0 Å². The lowest BCUT2D eigenvalue weighted by atomic mass is 10.0. The van der Waals surface area contributed by atoms with E-state index in [0.29, 0.717) is 6.42 Å². The number of amides is 1. The number of carbonyl (C=O) groups excluding carboxylic acids is 1. The van der Waals surface area contributed by atoms with Crippen LogP contribution in [0.3, 0.4) is 0 Å². The number of hydrogen-bond acceptors (Lipinski definition) is 5. The Morgan fingerprint density at radius 3 is 2.36 bits per heavy atom. The summed E-state index contributed by atoms with van der Waals surface area (Å²) in [6.45, 7) is 3.61. The predicted octanol–water partition coefficient (Wildman–Crippen LogP) is 4.35. The summed E-state index contributed by atoms with van der Waals surface area (Å²) in [7, 11) is -3.88. The highest BCUT2D eigenvalue weighted by atomic mass is 32.2. The van der Waals surface area contributed by atoms with Gasteiger partial charge in [0.05, 0.1) is 17.5 Å². The average molecular weight is 541 g/mol. The molecule has 0 aromatic heterocycles. The molecule has 0 radical (unpaired) electrons. The fourth-order valence-electron chi connectivity index (χ4n) is 4.82. The van der Waals surface area contributed by atoms with Crippen LogP contribution >= 0.6 is 0 Å². The molecule has 4 aromatic carbocycles. The van der Waals surface area contributed by atoms with Crippen molar-refractivity contribution < 1.29 is 13.2 Å². The van der Waals surface area contributed by atoms with E-state index in [0.717, 1.165) is 46.4 Å². The third-order valence-electron chi connectivity index (χ3n) is 6.77. The number of benzene rings is 4. The molecule has 2 atom stereocenters. The largest absolute Gasteiger partial charge is 0.368 e. The summed E-state index contributed by atoms with van der Waals surface area (Å²) in [6, 6.07) is 29.2. The molecule has 1 aliphatic heterocycles. The first-order chi connectivity index (χ1) is 18.9. The van der Waals surface area contributed by atoms with Gasteiger partial charge in [0.1, 0.15) is 5.84 Å². The first-order valence-electron chi connectivity index (χ1n) is 13.1. The van der Waals surface area contributed by atoms with Crippen LogP contribution in [0, 0.1) is 0 Å². The minimum atomic E-state index is -3.88. The lowest BCUT2D eigenvalue weighted by Gasteiger charge is -2.21. The third-order valence-corrected chi connectivity index (χ3v) is 8.24. The van der Waals surface area contributed by atoms with Crippen molar-refractivity contribution in [2.45, 2.75) is 36.7 Å². The van der Waals surface area contributed by atoms with Crippen LogP contribution in [0.5, 0.6) is 0 Å². The van der Waals surface area contributed by atoms with Crippen molar-refractivity contribution in [1.29, 1.82) is 0 Å². The molecule has 1 heterocycles. The van der Waals surface area contributed by atoms with Gasteiger partial charge in [0, 0.05) is 24.6 Å². The summed E-state index contributed by atoms with van der Waals surface area (Å²) in [5.74, 6) is 0.694. The number of amidine groups is 1. The molecule has 2 unspecified atom stereocenters. The molecule has 0 saturated carbocycles. The van der Waals surface area contributed by atoms with Crippen molar-refractivity contribution in [3.63, 3.8) is 0 Å². The molecule has 0 spiro atoms. The van der Waals surface area contributed by atoms with Gasteiger partial charge in [-0.15, -0.1) is 0 Å². The standard InChI is InChI=1S/C31H32N4O3S/c1-22(19-23-11-13-26(14-12-23)31-32-17-18-33-31)34-30(36)21-29(25-8-3-2-4-9-25)35-39(37,38)28-16-15-24-7-5-6-10-27(24)20-28/h2-16,20,22,29,35H,17-19,21H2,1H3,(H,32,33)(H,34,36). The van der Waals surface area contributed by atoms with Gasteiger partial charge in [0.2, 0.25) is 15.9 Å². The molecule has 0 aliphatic carbocycles. The van der Waals surface area contributed by atoms with Gasteiger partial charge < -0.3 is 10.6 Å². The molecule has 39 heavy (non-hydrogen) atoms. The van der Waals surface area contributed by atoms with Crippen LogP contribution in [-0.2, 0) is 21.2 Å². The number of hydrogen-bond donors (Lipinski definition) is 3. The summed E-state index contributed by atoms with van der Waals surface area (Å²) in [4.78, 5) is 17.7. The van der Waals surface area contributed by atoms with Crippen LogP contribution in [0.1, 0.15) is 36.1 Å². The van der Waals surface area contributed by atoms with Crippen LogP contribution in [0.15, 0.2) is 107 Å². The maximum atomic E-state index is 13.4. The number of fused-ring (bicyclic) bond motifs is 1. The number of carbonyl (C=O) groups is 1. The molecule has 0 fully saturated rings. The van der Waals surface area contributed by atoms with Gasteiger partial charge in [0.15, 0.2) is 0 Å². The second-order valence-corrected chi connectivity index (χ2v) is 11.5. The third kappa shape index (κ3) is 6.71. The van der Waals surface area contributed by atoms with E-state index < -0.39 is 16.1 Å². The van der Waals surface area contributed by atoms with Gasteiger partial charge in [-0.25, -0.2) is 13.1 Å². The minimum absolute atomic E-state index is 0.0222. The van der Waals surface area contributed by atoms with E-state index in [4.69, 9.17) is 0 Å². The van der Waals surface area contributed by atoms with Gasteiger partial charge in [-0.2, -0.15) is 0 Å². The van der Waals surface area contributed by atoms with E-state index >= 15 is 0 Å². The first kappa shape index (κ1) is 26.6. The highest BCUT2D eigenvalue weighted by Crippen LogP contribution is 2.23. The fourth-order valence-corrected chi connectivity index (χ4v) is 6.08. The van der Waals surface area contributed by atoms with Crippen molar-refractivity contribution in [3.05, 3.63) is 114 Å². The number of sulfonamides is 1. The van der Waals surface area contributed by atoms with E-state index in [9.17, 15) is 13.2 Å². The van der Waals surface area contributed by atoms with Gasteiger partial charge in [0.25, 0.3) is 0 Å². The van der Waals surface area contributed by atoms with Crippen LogP contribution < -0.4 is 15.4 Å². The normalized spacial score (nSPS) is 14.8. The second-order valence-electron chi connectivity index (χ2n) is 9.82. The molecule has 1 amide bonds. The Balaban J connectivity index is 1.26. The zero-order valence-corrected chi connectivity index (χ0v) is 22.6. The molecule has 5 rings (SSSR count). The molecular weight excluding hydrogens is 508 g/mol. The number of nitrogens with one attached hydrogen (secondary N) is 3. The molecule has 7 nitrogen and oxygen atoms in total. The Labute approximate surface area is 229 Å². The fraction of sp³-hybridized carbons (Fsp3) is 0.226. The van der Waals surface area contributed by atoms with Gasteiger partial charge >= 0.3 is 0 Å². The van der Waals surface area contributed by atoms with Crippen molar-refractivity contribution in [3.8, 4) is 0 Å². The summed E-state index contributed by atoms with van der Waals surface area (Å²) < 4.78 is 29.5. The Bertz CT molecular complexity index is 1590. The molecule has 8 heteroatoms. The average Bonchev–Trinajstić information content (AvgIpc) is 3.48. The quantitative estimate of drug-likeness (QED) is 0.279. The van der Waals surface area contributed by atoms with E-state index in [2.05, 4.69) is 20.3 Å².